The predicted molar refractivity (Wildman–Crippen MR) is 132 cm³/mol. The quantitative estimate of drug-likeness (QED) is 0.425. The Bertz CT molecular complexity index is 1550. The summed E-state index contributed by atoms with van der Waals surface area (Å²) in [5, 5.41) is 14.2. The van der Waals surface area contributed by atoms with Gasteiger partial charge in [0.15, 0.2) is 0 Å². The lowest BCUT2D eigenvalue weighted by atomic mass is 9.87. The van der Waals surface area contributed by atoms with Crippen LogP contribution < -0.4 is 14.2 Å². The van der Waals surface area contributed by atoms with Gasteiger partial charge in [-0.3, -0.25) is 4.72 Å². The van der Waals surface area contributed by atoms with Gasteiger partial charge in [-0.15, -0.1) is 0 Å². The molecule has 3 heterocycles. The molecular formula is C25H25N5O4S. The highest BCUT2D eigenvalue weighted by Crippen LogP contribution is 2.32. The summed E-state index contributed by atoms with van der Waals surface area (Å²) in [5.74, 6) is 0.843. The van der Waals surface area contributed by atoms with Gasteiger partial charge in [-0.1, -0.05) is 32.9 Å². The van der Waals surface area contributed by atoms with Crippen molar-refractivity contribution < 1.29 is 17.9 Å². The summed E-state index contributed by atoms with van der Waals surface area (Å²) in [6.45, 7) is 6.18. The number of hydrogen-bond acceptors (Lipinski definition) is 7. The lowest BCUT2D eigenvalue weighted by Crippen LogP contribution is -2.17. The highest BCUT2D eigenvalue weighted by Gasteiger charge is 2.21. The highest BCUT2D eigenvalue weighted by atomic mass is 32.2. The SMILES string of the molecule is COc1ccc(-c2cc3c(C#N)ccc(NS(=O)(=O)c4ccc(C(C)(C)C)cc4)n3n2)c(OC)n1. The Balaban J connectivity index is 1.78. The molecule has 9 nitrogen and oxygen atoms in total. The van der Waals surface area contributed by atoms with E-state index in [0.29, 0.717) is 28.2 Å². The summed E-state index contributed by atoms with van der Waals surface area (Å²) in [4.78, 5) is 4.40. The van der Waals surface area contributed by atoms with Crippen LogP contribution in [0, 0.1) is 11.3 Å². The summed E-state index contributed by atoms with van der Waals surface area (Å²) in [7, 11) is -0.932. The molecule has 0 saturated heterocycles. The van der Waals surface area contributed by atoms with Crippen molar-refractivity contribution in [2.45, 2.75) is 31.1 Å². The van der Waals surface area contributed by atoms with E-state index in [4.69, 9.17) is 9.47 Å². The number of sulfonamides is 1. The number of anilines is 1. The number of rotatable bonds is 6. The monoisotopic (exact) mass is 491 g/mol. The van der Waals surface area contributed by atoms with Gasteiger partial charge < -0.3 is 9.47 Å². The Hall–Kier alpha value is -4.10. The molecule has 0 aliphatic rings. The molecule has 0 spiro atoms. The molecule has 0 atom stereocenters. The van der Waals surface area contributed by atoms with Crippen LogP contribution >= 0.6 is 0 Å². The first-order valence-corrected chi connectivity index (χ1v) is 12.2. The van der Waals surface area contributed by atoms with Crippen LogP contribution in [0.25, 0.3) is 16.8 Å². The van der Waals surface area contributed by atoms with Gasteiger partial charge in [0.05, 0.1) is 41.5 Å². The van der Waals surface area contributed by atoms with E-state index in [0.717, 1.165) is 5.56 Å². The zero-order valence-electron chi connectivity index (χ0n) is 20.0. The number of aromatic nitrogens is 3. The molecule has 0 unspecified atom stereocenters. The smallest absolute Gasteiger partial charge is 0.263 e. The minimum absolute atomic E-state index is 0.0994. The second kappa shape index (κ2) is 8.92. The van der Waals surface area contributed by atoms with Crippen LogP contribution in [0.4, 0.5) is 5.82 Å². The van der Waals surface area contributed by atoms with E-state index in [2.05, 4.69) is 41.6 Å². The number of pyridine rings is 2. The van der Waals surface area contributed by atoms with Crippen molar-refractivity contribution in [1.29, 1.82) is 5.26 Å². The first-order chi connectivity index (χ1) is 16.6. The largest absolute Gasteiger partial charge is 0.481 e. The van der Waals surface area contributed by atoms with Crippen LogP contribution in [0.3, 0.4) is 0 Å². The van der Waals surface area contributed by atoms with Crippen molar-refractivity contribution in [2.75, 3.05) is 18.9 Å². The van der Waals surface area contributed by atoms with Gasteiger partial charge in [0.2, 0.25) is 11.8 Å². The topological polar surface area (TPSA) is 119 Å². The molecule has 35 heavy (non-hydrogen) atoms. The van der Waals surface area contributed by atoms with Crippen LogP contribution in [-0.4, -0.2) is 37.2 Å². The lowest BCUT2D eigenvalue weighted by Gasteiger charge is -2.19. The molecule has 0 saturated carbocycles. The Morgan fingerprint density at radius 1 is 1.00 bits per heavy atom. The van der Waals surface area contributed by atoms with Crippen molar-refractivity contribution in [2.24, 2.45) is 0 Å². The molecule has 0 aliphatic carbocycles. The summed E-state index contributed by atoms with van der Waals surface area (Å²) >= 11 is 0. The van der Waals surface area contributed by atoms with Crippen LogP contribution in [0.5, 0.6) is 11.8 Å². The minimum atomic E-state index is -3.91. The molecule has 4 aromatic rings. The van der Waals surface area contributed by atoms with E-state index in [1.807, 2.05) is 0 Å². The van der Waals surface area contributed by atoms with E-state index in [-0.39, 0.29) is 22.0 Å². The molecule has 1 aromatic carbocycles. The average molecular weight is 492 g/mol. The third-order valence-electron chi connectivity index (χ3n) is 5.52. The van der Waals surface area contributed by atoms with Gasteiger partial charge in [0.25, 0.3) is 10.0 Å². The standard InChI is InChI=1S/C25H25N5O4S/c1-25(2,3)17-7-9-18(10-8-17)35(31,32)29-22-12-6-16(15-26)21-14-20(28-30(21)22)19-11-13-23(33-4)27-24(19)34-5/h6-14,29H,1-5H3. The van der Waals surface area contributed by atoms with Crippen molar-refractivity contribution in [1.82, 2.24) is 14.6 Å². The normalized spacial score (nSPS) is 11.8. The fourth-order valence-corrected chi connectivity index (χ4v) is 4.64. The number of methoxy groups -OCH3 is 2. The Kier molecular flexibility index (Phi) is 6.13. The van der Waals surface area contributed by atoms with Gasteiger partial charge in [-0.2, -0.15) is 15.3 Å². The fourth-order valence-electron chi connectivity index (χ4n) is 3.60. The number of fused-ring (bicyclic) bond motifs is 1. The number of nitrogens with zero attached hydrogens (tertiary/aromatic N) is 4. The van der Waals surface area contributed by atoms with Crippen molar-refractivity contribution >= 4 is 21.4 Å². The summed E-state index contributed by atoms with van der Waals surface area (Å²) in [5.41, 5.74) is 2.71. The Morgan fingerprint density at radius 2 is 1.71 bits per heavy atom. The van der Waals surface area contributed by atoms with Crippen molar-refractivity contribution in [3.05, 3.63) is 65.7 Å². The van der Waals surface area contributed by atoms with Gasteiger partial charge in [0.1, 0.15) is 11.9 Å². The summed E-state index contributed by atoms with van der Waals surface area (Å²) < 4.78 is 40.8. The maximum absolute atomic E-state index is 13.1. The van der Waals surface area contributed by atoms with E-state index in [9.17, 15) is 13.7 Å². The maximum atomic E-state index is 13.1. The van der Waals surface area contributed by atoms with Gasteiger partial charge in [-0.25, -0.2) is 12.9 Å². The van der Waals surface area contributed by atoms with Gasteiger partial charge in [0, 0.05) is 6.07 Å². The van der Waals surface area contributed by atoms with Crippen molar-refractivity contribution in [3.8, 4) is 29.1 Å². The van der Waals surface area contributed by atoms with Crippen LogP contribution in [-0.2, 0) is 15.4 Å². The first kappa shape index (κ1) is 24.0. The van der Waals surface area contributed by atoms with E-state index in [1.165, 1.54) is 24.8 Å². The molecule has 0 fully saturated rings. The van der Waals surface area contributed by atoms with Crippen LogP contribution in [0.2, 0.25) is 0 Å². The molecule has 1 N–H and O–H groups in total. The number of benzene rings is 1. The van der Waals surface area contributed by atoms with Crippen LogP contribution in [0.15, 0.2) is 59.5 Å². The number of hydrogen-bond donors (Lipinski definition) is 1. The summed E-state index contributed by atoms with van der Waals surface area (Å²) in [6, 6.07) is 17.0. The molecule has 4 rings (SSSR count). The zero-order valence-corrected chi connectivity index (χ0v) is 20.8. The van der Waals surface area contributed by atoms with E-state index >= 15 is 0 Å². The Morgan fingerprint density at radius 3 is 2.31 bits per heavy atom. The first-order valence-electron chi connectivity index (χ1n) is 10.7. The highest BCUT2D eigenvalue weighted by molar-refractivity contribution is 7.92. The fraction of sp³-hybridized carbons (Fsp3) is 0.240. The summed E-state index contributed by atoms with van der Waals surface area (Å²) in [6.07, 6.45) is 0. The second-order valence-electron chi connectivity index (χ2n) is 8.86. The third kappa shape index (κ3) is 4.63. The molecule has 0 bridgehead atoms. The van der Waals surface area contributed by atoms with E-state index in [1.54, 1.807) is 48.5 Å². The molecule has 0 amide bonds. The van der Waals surface area contributed by atoms with Crippen molar-refractivity contribution in [3.63, 3.8) is 0 Å². The molecule has 180 valence electrons. The maximum Gasteiger partial charge on any atom is 0.263 e. The minimum Gasteiger partial charge on any atom is -0.481 e. The zero-order chi connectivity index (χ0) is 25.4. The van der Waals surface area contributed by atoms with Crippen LogP contribution in [0.1, 0.15) is 31.9 Å². The molecule has 10 heteroatoms. The number of nitrogens with one attached hydrogen (secondary N) is 1. The number of nitriles is 1. The van der Waals surface area contributed by atoms with E-state index < -0.39 is 10.0 Å². The average Bonchev–Trinajstić information content (AvgIpc) is 3.29. The second-order valence-corrected chi connectivity index (χ2v) is 10.5. The molecule has 0 radical (unpaired) electrons. The van der Waals surface area contributed by atoms with Gasteiger partial charge in [-0.05, 0) is 47.4 Å². The Labute approximate surface area is 204 Å². The molecule has 0 aliphatic heterocycles. The predicted octanol–water partition coefficient (Wildman–Crippen LogP) is 4.38. The molecular weight excluding hydrogens is 466 g/mol. The molecule has 3 aromatic heterocycles. The third-order valence-corrected chi connectivity index (χ3v) is 6.90. The number of ether oxygens (including phenoxy) is 2. The lowest BCUT2D eigenvalue weighted by molar-refractivity contribution is 0.366. The van der Waals surface area contributed by atoms with Gasteiger partial charge >= 0.3 is 0 Å².